The molecule has 1 aromatic rings. The van der Waals surface area contributed by atoms with Crippen LogP contribution in [0.5, 0.6) is 0 Å². The highest BCUT2D eigenvalue weighted by atomic mass is 16.3. The maximum absolute atomic E-state index is 10.4. The highest BCUT2D eigenvalue weighted by molar-refractivity contribution is 5.25. The van der Waals surface area contributed by atoms with Crippen LogP contribution < -0.4 is 5.32 Å². The van der Waals surface area contributed by atoms with Gasteiger partial charge in [0.2, 0.25) is 0 Å². The van der Waals surface area contributed by atoms with Gasteiger partial charge < -0.3 is 10.4 Å². The molecule has 0 unspecified atom stereocenters. The van der Waals surface area contributed by atoms with Gasteiger partial charge in [-0.1, -0.05) is 30.3 Å². The van der Waals surface area contributed by atoms with Crippen LogP contribution in [0.1, 0.15) is 18.9 Å². The minimum absolute atomic E-state index is 0.148. The van der Waals surface area contributed by atoms with Gasteiger partial charge in [0.05, 0.1) is 0 Å². The first-order valence-corrected chi connectivity index (χ1v) is 4.75. The van der Waals surface area contributed by atoms with Crippen LogP contribution in [-0.4, -0.2) is 17.7 Å². The molecule has 2 nitrogen and oxygen atoms in total. The lowest BCUT2D eigenvalue weighted by atomic mass is 9.88. The van der Waals surface area contributed by atoms with Gasteiger partial charge in [-0.15, -0.1) is 0 Å². The van der Waals surface area contributed by atoms with E-state index in [0.717, 1.165) is 18.5 Å². The van der Waals surface area contributed by atoms with E-state index >= 15 is 0 Å². The molecule has 1 saturated heterocycles. The summed E-state index contributed by atoms with van der Waals surface area (Å²) in [5.41, 5.74) is 0.355. The lowest BCUT2D eigenvalue weighted by molar-refractivity contribution is 0.0293. The number of aliphatic hydroxyl groups is 1. The van der Waals surface area contributed by atoms with Crippen molar-refractivity contribution in [1.29, 1.82) is 0 Å². The van der Waals surface area contributed by atoms with E-state index in [1.165, 1.54) is 0 Å². The molecule has 1 aliphatic rings. The Bertz CT molecular complexity index is 285. The Morgan fingerprint density at radius 1 is 1.38 bits per heavy atom. The largest absolute Gasteiger partial charge is 0.383 e. The van der Waals surface area contributed by atoms with Gasteiger partial charge in [-0.25, -0.2) is 0 Å². The third-order valence-corrected chi connectivity index (χ3v) is 2.95. The fraction of sp³-hybridized carbons (Fsp3) is 0.455. The van der Waals surface area contributed by atoms with E-state index in [2.05, 4.69) is 5.32 Å². The van der Waals surface area contributed by atoms with Crippen LogP contribution in [0.25, 0.3) is 0 Å². The van der Waals surface area contributed by atoms with Crippen LogP contribution in [0.2, 0.25) is 0 Å². The molecule has 2 heteroatoms. The smallest absolute Gasteiger partial charge is 0.106 e. The molecule has 2 atom stereocenters. The molecule has 13 heavy (non-hydrogen) atoms. The maximum atomic E-state index is 10.4. The van der Waals surface area contributed by atoms with Crippen molar-refractivity contribution >= 4 is 0 Å². The molecule has 1 aliphatic heterocycles. The highest BCUT2D eigenvalue weighted by Crippen LogP contribution is 2.31. The quantitative estimate of drug-likeness (QED) is 0.676. The minimum atomic E-state index is -0.665. The topological polar surface area (TPSA) is 32.3 Å². The molecule has 0 bridgehead atoms. The average molecular weight is 177 g/mol. The van der Waals surface area contributed by atoms with E-state index in [1.54, 1.807) is 0 Å². The molecule has 0 saturated carbocycles. The van der Waals surface area contributed by atoms with Gasteiger partial charge in [-0.3, -0.25) is 0 Å². The number of hydrogen-bond acceptors (Lipinski definition) is 2. The molecular formula is C11H15NO. The summed E-state index contributed by atoms with van der Waals surface area (Å²) in [5.74, 6) is 0. The second-order valence-electron chi connectivity index (χ2n) is 3.72. The zero-order chi connectivity index (χ0) is 9.31. The number of hydrogen-bond donors (Lipinski definition) is 2. The van der Waals surface area contributed by atoms with Gasteiger partial charge in [0.1, 0.15) is 5.60 Å². The second-order valence-corrected chi connectivity index (χ2v) is 3.72. The van der Waals surface area contributed by atoms with Crippen LogP contribution in [0.3, 0.4) is 0 Å². The van der Waals surface area contributed by atoms with E-state index in [1.807, 2.05) is 37.3 Å². The van der Waals surface area contributed by atoms with Crippen LogP contribution in [0.4, 0.5) is 0 Å². The molecule has 1 aromatic carbocycles. The summed E-state index contributed by atoms with van der Waals surface area (Å²) in [6, 6.07) is 10.0. The molecule has 70 valence electrons. The molecule has 2 N–H and O–H groups in total. The molecule has 0 aliphatic carbocycles. The fourth-order valence-corrected chi connectivity index (χ4v) is 1.99. The third kappa shape index (κ3) is 1.36. The third-order valence-electron chi connectivity index (χ3n) is 2.95. The van der Waals surface area contributed by atoms with Crippen molar-refractivity contribution in [2.24, 2.45) is 0 Å². The van der Waals surface area contributed by atoms with Crippen molar-refractivity contribution in [1.82, 2.24) is 5.32 Å². The summed E-state index contributed by atoms with van der Waals surface area (Å²) in [6.07, 6.45) is 0.804. The van der Waals surface area contributed by atoms with Gasteiger partial charge >= 0.3 is 0 Å². The standard InChI is InChI=1S/C11H15NO/c1-9-11(13,7-8-12-9)10-5-3-2-4-6-10/h2-6,9,12-13H,7-8H2,1H3/t9-,11+/m1/s1. The Kier molecular flexibility index (Phi) is 2.10. The van der Waals surface area contributed by atoms with E-state index in [0.29, 0.717) is 0 Å². The van der Waals surface area contributed by atoms with E-state index in [4.69, 9.17) is 0 Å². The van der Waals surface area contributed by atoms with Gasteiger partial charge in [-0.2, -0.15) is 0 Å². The monoisotopic (exact) mass is 177 g/mol. The molecule has 1 fully saturated rings. The summed E-state index contributed by atoms with van der Waals surface area (Å²) in [7, 11) is 0. The lowest BCUT2D eigenvalue weighted by Crippen LogP contribution is -2.37. The summed E-state index contributed by atoms with van der Waals surface area (Å²) >= 11 is 0. The predicted octanol–water partition coefficient (Wildman–Crippen LogP) is 1.26. The van der Waals surface area contributed by atoms with Crippen molar-refractivity contribution in [3.8, 4) is 0 Å². The average Bonchev–Trinajstić information content (AvgIpc) is 2.50. The predicted molar refractivity (Wildman–Crippen MR) is 52.4 cm³/mol. The summed E-state index contributed by atoms with van der Waals surface area (Å²) in [4.78, 5) is 0. The van der Waals surface area contributed by atoms with Crippen LogP contribution in [0.15, 0.2) is 30.3 Å². The Balaban J connectivity index is 2.34. The molecule has 0 spiro atoms. The Hall–Kier alpha value is -0.860. The molecule has 2 rings (SSSR count). The summed E-state index contributed by atoms with van der Waals surface area (Å²) < 4.78 is 0. The van der Waals surface area contributed by atoms with Gasteiger partial charge in [0.15, 0.2) is 0 Å². The zero-order valence-electron chi connectivity index (χ0n) is 7.83. The van der Waals surface area contributed by atoms with Gasteiger partial charge in [0.25, 0.3) is 0 Å². The SMILES string of the molecule is C[C@H]1NCC[C@@]1(O)c1ccccc1. The van der Waals surface area contributed by atoms with Crippen LogP contribution >= 0.6 is 0 Å². The normalized spacial score (nSPS) is 33.5. The van der Waals surface area contributed by atoms with E-state index < -0.39 is 5.60 Å². The van der Waals surface area contributed by atoms with Crippen molar-refractivity contribution in [2.75, 3.05) is 6.54 Å². The maximum Gasteiger partial charge on any atom is 0.106 e. The van der Waals surface area contributed by atoms with Crippen molar-refractivity contribution < 1.29 is 5.11 Å². The van der Waals surface area contributed by atoms with Gasteiger partial charge in [0, 0.05) is 6.04 Å². The summed E-state index contributed by atoms with van der Waals surface area (Å²) in [5, 5.41) is 13.6. The Morgan fingerprint density at radius 3 is 2.62 bits per heavy atom. The van der Waals surface area contributed by atoms with E-state index in [-0.39, 0.29) is 6.04 Å². The van der Waals surface area contributed by atoms with Crippen LogP contribution in [0, 0.1) is 0 Å². The van der Waals surface area contributed by atoms with E-state index in [9.17, 15) is 5.11 Å². The molecule has 0 radical (unpaired) electrons. The Morgan fingerprint density at radius 2 is 2.08 bits per heavy atom. The highest BCUT2D eigenvalue weighted by Gasteiger charge is 2.39. The Labute approximate surface area is 78.6 Å². The van der Waals surface area contributed by atoms with Crippen molar-refractivity contribution in [3.05, 3.63) is 35.9 Å². The summed E-state index contributed by atoms with van der Waals surface area (Å²) in [6.45, 7) is 2.92. The first kappa shape index (κ1) is 8.73. The molecular weight excluding hydrogens is 162 g/mol. The molecule has 1 heterocycles. The van der Waals surface area contributed by atoms with Crippen LogP contribution in [-0.2, 0) is 5.60 Å². The zero-order valence-corrected chi connectivity index (χ0v) is 7.83. The lowest BCUT2D eigenvalue weighted by Gasteiger charge is -2.27. The first-order valence-electron chi connectivity index (χ1n) is 4.75. The number of rotatable bonds is 1. The second kappa shape index (κ2) is 3.13. The fourth-order valence-electron chi connectivity index (χ4n) is 1.99. The number of benzene rings is 1. The molecule has 0 aromatic heterocycles. The van der Waals surface area contributed by atoms with Crippen molar-refractivity contribution in [3.63, 3.8) is 0 Å². The first-order chi connectivity index (χ1) is 6.23. The number of nitrogens with one attached hydrogen (secondary N) is 1. The van der Waals surface area contributed by atoms with Gasteiger partial charge in [-0.05, 0) is 25.5 Å². The van der Waals surface area contributed by atoms with Crippen molar-refractivity contribution in [2.45, 2.75) is 25.0 Å². The minimum Gasteiger partial charge on any atom is -0.383 e. The molecule has 0 amide bonds.